The van der Waals surface area contributed by atoms with Gasteiger partial charge < -0.3 is 5.32 Å². The molecule has 3 N–H and O–H groups in total. The molecular weight excluding hydrogens is 396 g/mol. The molecule has 1 atom stereocenters. The third-order valence-electron chi connectivity index (χ3n) is 3.91. The number of nitro benzene ring substituents is 1. The van der Waals surface area contributed by atoms with Crippen LogP contribution in [0.2, 0.25) is 0 Å². The summed E-state index contributed by atoms with van der Waals surface area (Å²) in [4.78, 5) is 47.0. The van der Waals surface area contributed by atoms with E-state index in [2.05, 4.69) is 16.2 Å². The van der Waals surface area contributed by atoms with E-state index in [0.29, 0.717) is 17.7 Å². The Morgan fingerprint density at radius 3 is 2.17 bits per heavy atom. The maximum Gasteiger partial charge on any atom is 0.269 e. The van der Waals surface area contributed by atoms with Crippen LogP contribution in [0, 0.1) is 10.1 Å². The molecule has 0 heterocycles. The molecule has 0 radical (unpaired) electrons. The van der Waals surface area contributed by atoms with Gasteiger partial charge in [0.25, 0.3) is 23.4 Å². The van der Waals surface area contributed by atoms with Crippen LogP contribution in [0.4, 0.5) is 5.69 Å². The van der Waals surface area contributed by atoms with Gasteiger partial charge in [0, 0.05) is 23.3 Å². The SMILES string of the molecule is CSCC[C@@H](NC(=O)c1ccccc1)C(=O)NNC(=O)c1ccc([N+](=O)[O-])cc1. The number of thioether (sulfide) groups is 1. The molecule has 9 nitrogen and oxygen atoms in total. The summed E-state index contributed by atoms with van der Waals surface area (Å²) in [5.41, 5.74) is 4.96. The molecule has 0 aliphatic carbocycles. The molecule has 10 heteroatoms. The lowest BCUT2D eigenvalue weighted by Gasteiger charge is -2.18. The average Bonchev–Trinajstić information content (AvgIpc) is 2.75. The van der Waals surface area contributed by atoms with Gasteiger partial charge >= 0.3 is 0 Å². The Morgan fingerprint density at radius 2 is 1.59 bits per heavy atom. The third-order valence-corrected chi connectivity index (χ3v) is 4.55. The Labute approximate surface area is 171 Å². The fraction of sp³-hybridized carbons (Fsp3) is 0.211. The molecule has 2 rings (SSSR count). The van der Waals surface area contributed by atoms with Crippen LogP contribution >= 0.6 is 11.8 Å². The van der Waals surface area contributed by atoms with E-state index >= 15 is 0 Å². The minimum Gasteiger partial charge on any atom is -0.340 e. The number of non-ortho nitro benzene ring substituents is 1. The number of carbonyl (C=O) groups is 3. The number of carbonyl (C=O) groups excluding carboxylic acids is 3. The second-order valence-corrected chi connectivity index (χ2v) is 6.91. The lowest BCUT2D eigenvalue weighted by atomic mass is 10.1. The van der Waals surface area contributed by atoms with Crippen LogP contribution in [0.1, 0.15) is 27.1 Å². The smallest absolute Gasteiger partial charge is 0.269 e. The average molecular weight is 416 g/mol. The highest BCUT2D eigenvalue weighted by molar-refractivity contribution is 7.98. The van der Waals surface area contributed by atoms with Gasteiger partial charge in [-0.3, -0.25) is 35.3 Å². The molecule has 0 saturated heterocycles. The number of nitrogens with one attached hydrogen (secondary N) is 3. The van der Waals surface area contributed by atoms with Crippen LogP contribution < -0.4 is 16.2 Å². The quantitative estimate of drug-likeness (QED) is 0.445. The van der Waals surface area contributed by atoms with Gasteiger partial charge in [-0.15, -0.1) is 0 Å². The summed E-state index contributed by atoms with van der Waals surface area (Å²) < 4.78 is 0. The molecule has 2 aromatic carbocycles. The lowest BCUT2D eigenvalue weighted by molar-refractivity contribution is -0.384. The normalized spacial score (nSPS) is 11.2. The molecule has 0 aliphatic heterocycles. The molecule has 2 aromatic rings. The van der Waals surface area contributed by atoms with Gasteiger partial charge in [0.2, 0.25) is 0 Å². The number of rotatable bonds is 8. The molecule has 0 fully saturated rings. The molecule has 0 bridgehead atoms. The fourth-order valence-corrected chi connectivity index (χ4v) is 2.82. The van der Waals surface area contributed by atoms with Crippen LogP contribution in [0.25, 0.3) is 0 Å². The van der Waals surface area contributed by atoms with Gasteiger partial charge in [0.05, 0.1) is 4.92 Å². The van der Waals surface area contributed by atoms with E-state index in [0.717, 1.165) is 0 Å². The van der Waals surface area contributed by atoms with E-state index in [1.165, 1.54) is 36.0 Å². The second-order valence-electron chi connectivity index (χ2n) is 5.92. The molecule has 0 unspecified atom stereocenters. The molecule has 0 aromatic heterocycles. The van der Waals surface area contributed by atoms with E-state index in [1.807, 2.05) is 6.26 Å². The molecule has 152 valence electrons. The van der Waals surface area contributed by atoms with E-state index in [1.54, 1.807) is 30.3 Å². The van der Waals surface area contributed by atoms with Crippen LogP contribution in [0.5, 0.6) is 0 Å². The Hall–Kier alpha value is -3.40. The zero-order valence-corrected chi connectivity index (χ0v) is 16.4. The number of benzene rings is 2. The molecule has 3 amide bonds. The van der Waals surface area contributed by atoms with Crippen molar-refractivity contribution in [3.63, 3.8) is 0 Å². The molecule has 0 spiro atoms. The molecule has 0 aliphatic rings. The maximum absolute atomic E-state index is 12.5. The van der Waals surface area contributed by atoms with Gasteiger partial charge in [-0.1, -0.05) is 18.2 Å². The van der Waals surface area contributed by atoms with Gasteiger partial charge in [-0.2, -0.15) is 11.8 Å². The Morgan fingerprint density at radius 1 is 0.966 bits per heavy atom. The van der Waals surface area contributed by atoms with Crippen LogP contribution in [0.15, 0.2) is 54.6 Å². The van der Waals surface area contributed by atoms with Crippen molar-refractivity contribution in [1.29, 1.82) is 0 Å². The monoisotopic (exact) mass is 416 g/mol. The number of amides is 3. The third kappa shape index (κ3) is 6.61. The Kier molecular flexibility index (Phi) is 8.16. The highest BCUT2D eigenvalue weighted by atomic mass is 32.2. The van der Waals surface area contributed by atoms with Crippen LogP contribution in [-0.2, 0) is 4.79 Å². The maximum atomic E-state index is 12.5. The van der Waals surface area contributed by atoms with E-state index in [9.17, 15) is 24.5 Å². The minimum absolute atomic E-state index is 0.143. The standard InChI is InChI=1S/C19H20N4O5S/c1-29-12-11-16(20-17(24)13-5-3-2-4-6-13)19(26)22-21-18(25)14-7-9-15(10-8-14)23(27)28/h2-10,16H,11-12H2,1H3,(H,20,24)(H,21,25)(H,22,26)/t16-/m1/s1. The fourth-order valence-electron chi connectivity index (χ4n) is 2.35. The van der Waals surface area contributed by atoms with E-state index in [4.69, 9.17) is 0 Å². The molecular formula is C19H20N4O5S. The number of hydrazine groups is 1. The Balaban J connectivity index is 1.97. The second kappa shape index (κ2) is 10.8. The summed E-state index contributed by atoms with van der Waals surface area (Å²) in [6.45, 7) is 0. The van der Waals surface area contributed by atoms with Crippen molar-refractivity contribution in [2.24, 2.45) is 0 Å². The van der Waals surface area contributed by atoms with Crippen molar-refractivity contribution in [3.8, 4) is 0 Å². The predicted octanol–water partition coefficient (Wildman–Crippen LogP) is 1.91. The molecule has 29 heavy (non-hydrogen) atoms. The lowest BCUT2D eigenvalue weighted by Crippen LogP contribution is -2.52. The van der Waals surface area contributed by atoms with E-state index in [-0.39, 0.29) is 11.3 Å². The summed E-state index contributed by atoms with van der Waals surface area (Å²) in [7, 11) is 0. The first-order chi connectivity index (χ1) is 13.9. The van der Waals surface area contributed by atoms with Crippen molar-refractivity contribution in [1.82, 2.24) is 16.2 Å². The van der Waals surface area contributed by atoms with Crippen molar-refractivity contribution >= 4 is 35.2 Å². The van der Waals surface area contributed by atoms with Gasteiger partial charge in [0.1, 0.15) is 6.04 Å². The summed E-state index contributed by atoms with van der Waals surface area (Å²) in [6, 6.07) is 12.6. The van der Waals surface area contributed by atoms with Crippen molar-refractivity contribution in [2.75, 3.05) is 12.0 Å². The van der Waals surface area contributed by atoms with E-state index < -0.39 is 28.7 Å². The largest absolute Gasteiger partial charge is 0.340 e. The van der Waals surface area contributed by atoms with Gasteiger partial charge in [-0.05, 0) is 42.7 Å². The minimum atomic E-state index is -0.840. The van der Waals surface area contributed by atoms with Crippen LogP contribution in [-0.4, -0.2) is 40.7 Å². The van der Waals surface area contributed by atoms with Gasteiger partial charge in [-0.25, -0.2) is 0 Å². The number of nitro groups is 1. The Bertz CT molecular complexity index is 874. The number of nitrogens with zero attached hydrogens (tertiary/aromatic N) is 1. The first-order valence-electron chi connectivity index (χ1n) is 8.62. The zero-order valence-electron chi connectivity index (χ0n) is 15.6. The first-order valence-corrected chi connectivity index (χ1v) is 10.0. The first kappa shape index (κ1) is 21.9. The topological polar surface area (TPSA) is 130 Å². The zero-order chi connectivity index (χ0) is 21.2. The highest BCUT2D eigenvalue weighted by Crippen LogP contribution is 2.11. The highest BCUT2D eigenvalue weighted by Gasteiger charge is 2.22. The number of hydrogen-bond acceptors (Lipinski definition) is 6. The van der Waals surface area contributed by atoms with Crippen LogP contribution in [0.3, 0.4) is 0 Å². The summed E-state index contributed by atoms with van der Waals surface area (Å²) in [5, 5.41) is 13.3. The van der Waals surface area contributed by atoms with Gasteiger partial charge in [0.15, 0.2) is 0 Å². The van der Waals surface area contributed by atoms with Crippen molar-refractivity contribution < 1.29 is 19.3 Å². The summed E-state index contributed by atoms with van der Waals surface area (Å²) in [6.07, 6.45) is 2.25. The summed E-state index contributed by atoms with van der Waals surface area (Å²) >= 11 is 1.52. The summed E-state index contributed by atoms with van der Waals surface area (Å²) in [5.74, 6) is -0.970. The van der Waals surface area contributed by atoms with Crippen molar-refractivity contribution in [3.05, 3.63) is 75.8 Å². The van der Waals surface area contributed by atoms with Crippen molar-refractivity contribution in [2.45, 2.75) is 12.5 Å². The number of hydrogen-bond donors (Lipinski definition) is 3. The predicted molar refractivity (Wildman–Crippen MR) is 109 cm³/mol. The molecule has 0 saturated carbocycles.